The van der Waals surface area contributed by atoms with Crippen molar-refractivity contribution in [2.75, 3.05) is 11.9 Å². The molecule has 0 radical (unpaired) electrons. The van der Waals surface area contributed by atoms with Crippen molar-refractivity contribution >= 4 is 17.2 Å². The summed E-state index contributed by atoms with van der Waals surface area (Å²) in [5.41, 5.74) is 1.06. The zero-order chi connectivity index (χ0) is 18.8. The van der Waals surface area contributed by atoms with E-state index in [1.807, 2.05) is 26.8 Å². The number of aryl methyl sites for hydroxylation is 3. The minimum Gasteiger partial charge on any atom is -0.478 e. The molecule has 0 aliphatic heterocycles. The Morgan fingerprint density at radius 3 is 2.85 bits per heavy atom. The van der Waals surface area contributed by atoms with Gasteiger partial charge in [0.2, 0.25) is 5.88 Å². The van der Waals surface area contributed by atoms with Gasteiger partial charge >= 0.3 is 0 Å². The fraction of sp³-hybridized carbons (Fsp3) is 0.500. The molecule has 1 aliphatic rings. The van der Waals surface area contributed by atoms with E-state index in [0.29, 0.717) is 36.7 Å². The van der Waals surface area contributed by atoms with Crippen LogP contribution in [0.2, 0.25) is 0 Å². The monoisotopic (exact) mass is 386 g/mol. The molecule has 0 saturated heterocycles. The van der Waals surface area contributed by atoms with Crippen molar-refractivity contribution in [3.63, 3.8) is 0 Å². The molecule has 1 fully saturated rings. The molecular formula is C18H22N6O2S. The standard InChI is InChI=1S/C18H22N6O2S/c1-10-20-16(19-8-18-24-23-12(3)27-18)7-17(21-10)25-5-4-13-6-14(13)15-9-26-11(2)22-15/h7,9,13-14H,4-6,8H2,1-3H3,(H,19,20,21). The average molecular weight is 386 g/mol. The van der Waals surface area contributed by atoms with E-state index in [1.165, 1.54) is 0 Å². The highest BCUT2D eigenvalue weighted by molar-refractivity contribution is 7.11. The van der Waals surface area contributed by atoms with E-state index in [-0.39, 0.29) is 0 Å². The first kappa shape index (κ1) is 17.8. The molecule has 142 valence electrons. The summed E-state index contributed by atoms with van der Waals surface area (Å²) in [5, 5.41) is 13.3. The third kappa shape index (κ3) is 4.60. The van der Waals surface area contributed by atoms with Gasteiger partial charge in [-0.25, -0.2) is 9.97 Å². The third-order valence-corrected chi connectivity index (χ3v) is 5.32. The Kier molecular flexibility index (Phi) is 5.02. The van der Waals surface area contributed by atoms with E-state index in [2.05, 4.69) is 30.5 Å². The van der Waals surface area contributed by atoms with Crippen molar-refractivity contribution in [2.24, 2.45) is 5.92 Å². The maximum Gasteiger partial charge on any atom is 0.218 e. The number of aromatic nitrogens is 5. The first-order chi connectivity index (χ1) is 13.1. The molecule has 3 heterocycles. The largest absolute Gasteiger partial charge is 0.478 e. The Morgan fingerprint density at radius 1 is 1.22 bits per heavy atom. The second-order valence-electron chi connectivity index (χ2n) is 6.74. The van der Waals surface area contributed by atoms with Gasteiger partial charge in [0.05, 0.1) is 18.8 Å². The molecule has 1 saturated carbocycles. The Hall–Kier alpha value is -2.55. The highest BCUT2D eigenvalue weighted by atomic mass is 32.1. The van der Waals surface area contributed by atoms with Gasteiger partial charge in [0, 0.05) is 18.9 Å². The van der Waals surface area contributed by atoms with Crippen LogP contribution in [0.3, 0.4) is 0 Å². The molecule has 0 bridgehead atoms. The minimum absolute atomic E-state index is 0.505. The number of hydrogen-bond donors (Lipinski definition) is 1. The van der Waals surface area contributed by atoms with E-state index in [4.69, 9.17) is 9.15 Å². The van der Waals surface area contributed by atoms with E-state index in [0.717, 1.165) is 40.3 Å². The Morgan fingerprint density at radius 2 is 2.11 bits per heavy atom. The first-order valence-electron chi connectivity index (χ1n) is 9.00. The van der Waals surface area contributed by atoms with E-state index < -0.39 is 0 Å². The maximum atomic E-state index is 5.86. The molecule has 3 aromatic rings. The van der Waals surface area contributed by atoms with Crippen molar-refractivity contribution in [1.29, 1.82) is 0 Å². The summed E-state index contributed by atoms with van der Waals surface area (Å²) in [5.74, 6) is 3.83. The summed E-state index contributed by atoms with van der Waals surface area (Å²) in [4.78, 5) is 13.2. The SMILES string of the molecule is Cc1nc(NCc2nnc(C)s2)cc(OCCC2CC2c2coc(C)n2)n1. The second kappa shape index (κ2) is 7.59. The van der Waals surface area contributed by atoms with E-state index in [1.54, 1.807) is 17.6 Å². The Labute approximate surface area is 161 Å². The van der Waals surface area contributed by atoms with Crippen LogP contribution in [0.15, 0.2) is 16.7 Å². The number of nitrogens with zero attached hydrogens (tertiary/aromatic N) is 5. The van der Waals surface area contributed by atoms with Crippen LogP contribution < -0.4 is 10.1 Å². The van der Waals surface area contributed by atoms with Gasteiger partial charge in [0.25, 0.3) is 0 Å². The zero-order valence-corrected chi connectivity index (χ0v) is 16.4. The topological polar surface area (TPSA) is 98.9 Å². The van der Waals surface area contributed by atoms with Crippen LogP contribution in [0, 0.1) is 26.7 Å². The first-order valence-corrected chi connectivity index (χ1v) is 9.82. The molecule has 1 aliphatic carbocycles. The van der Waals surface area contributed by atoms with Crippen LogP contribution in [-0.4, -0.2) is 31.8 Å². The Balaban J connectivity index is 1.27. The molecule has 1 N–H and O–H groups in total. The van der Waals surface area contributed by atoms with Gasteiger partial charge < -0.3 is 14.5 Å². The van der Waals surface area contributed by atoms with Crippen molar-refractivity contribution in [3.05, 3.63) is 39.8 Å². The predicted molar refractivity (Wildman–Crippen MR) is 101 cm³/mol. The van der Waals surface area contributed by atoms with Crippen molar-refractivity contribution in [2.45, 2.75) is 46.1 Å². The Bertz CT molecular complexity index is 924. The maximum absolute atomic E-state index is 5.86. The van der Waals surface area contributed by atoms with Crippen molar-refractivity contribution in [1.82, 2.24) is 25.1 Å². The van der Waals surface area contributed by atoms with E-state index in [9.17, 15) is 0 Å². The minimum atomic E-state index is 0.505. The molecule has 9 heteroatoms. The summed E-state index contributed by atoms with van der Waals surface area (Å²) >= 11 is 1.57. The zero-order valence-electron chi connectivity index (χ0n) is 15.6. The molecule has 0 spiro atoms. The fourth-order valence-electron chi connectivity index (χ4n) is 3.07. The summed E-state index contributed by atoms with van der Waals surface area (Å²) in [7, 11) is 0. The quantitative estimate of drug-likeness (QED) is 0.629. The van der Waals surface area contributed by atoms with Gasteiger partial charge in [-0.3, -0.25) is 0 Å². The lowest BCUT2D eigenvalue weighted by atomic mass is 10.2. The molecular weight excluding hydrogens is 364 g/mol. The molecule has 3 aromatic heterocycles. The molecule has 2 unspecified atom stereocenters. The number of rotatable bonds is 8. The predicted octanol–water partition coefficient (Wildman–Crippen LogP) is 3.43. The lowest BCUT2D eigenvalue weighted by molar-refractivity contribution is 0.289. The second-order valence-corrected chi connectivity index (χ2v) is 8.00. The van der Waals surface area contributed by atoms with Crippen LogP contribution in [0.25, 0.3) is 0 Å². The van der Waals surface area contributed by atoms with Crippen molar-refractivity contribution in [3.8, 4) is 5.88 Å². The van der Waals surface area contributed by atoms with Crippen LogP contribution in [0.5, 0.6) is 5.88 Å². The summed E-state index contributed by atoms with van der Waals surface area (Å²) < 4.78 is 11.2. The smallest absolute Gasteiger partial charge is 0.218 e. The van der Waals surface area contributed by atoms with Crippen molar-refractivity contribution < 1.29 is 9.15 Å². The van der Waals surface area contributed by atoms with Crippen LogP contribution in [0.1, 0.15) is 46.2 Å². The third-order valence-electron chi connectivity index (χ3n) is 4.48. The van der Waals surface area contributed by atoms with Gasteiger partial charge in [-0.2, -0.15) is 4.98 Å². The van der Waals surface area contributed by atoms with Crippen LogP contribution in [0.4, 0.5) is 5.82 Å². The van der Waals surface area contributed by atoms with Crippen LogP contribution >= 0.6 is 11.3 Å². The van der Waals surface area contributed by atoms with E-state index >= 15 is 0 Å². The van der Waals surface area contributed by atoms with Crippen LogP contribution in [-0.2, 0) is 6.54 Å². The average Bonchev–Trinajstić information content (AvgIpc) is 3.05. The molecule has 8 nitrogen and oxygen atoms in total. The molecule has 2 atom stereocenters. The van der Waals surface area contributed by atoms with Gasteiger partial charge in [0.1, 0.15) is 27.9 Å². The normalized spacial score (nSPS) is 18.5. The van der Waals surface area contributed by atoms with Gasteiger partial charge in [-0.1, -0.05) is 11.3 Å². The number of hydrogen-bond acceptors (Lipinski definition) is 9. The fourth-order valence-corrected chi connectivity index (χ4v) is 3.72. The molecule has 0 aromatic carbocycles. The summed E-state index contributed by atoms with van der Waals surface area (Å²) in [6, 6.07) is 1.83. The number of nitrogens with one attached hydrogen (secondary N) is 1. The number of ether oxygens (including phenoxy) is 1. The van der Waals surface area contributed by atoms with Gasteiger partial charge in [0.15, 0.2) is 5.89 Å². The number of anilines is 1. The highest BCUT2D eigenvalue weighted by Gasteiger charge is 2.39. The number of oxazole rings is 1. The summed E-state index contributed by atoms with van der Waals surface area (Å²) in [6.07, 6.45) is 3.89. The van der Waals surface area contributed by atoms with Gasteiger partial charge in [-0.15, -0.1) is 10.2 Å². The molecule has 4 rings (SSSR count). The molecule has 0 amide bonds. The highest BCUT2D eigenvalue weighted by Crippen LogP contribution is 2.49. The molecule has 27 heavy (non-hydrogen) atoms. The lowest BCUT2D eigenvalue weighted by Crippen LogP contribution is -2.06. The lowest BCUT2D eigenvalue weighted by Gasteiger charge is -2.09. The summed E-state index contributed by atoms with van der Waals surface area (Å²) in [6.45, 7) is 6.89. The van der Waals surface area contributed by atoms with Gasteiger partial charge in [-0.05, 0) is 32.6 Å².